The lowest BCUT2D eigenvalue weighted by molar-refractivity contribution is 0.149. The summed E-state index contributed by atoms with van der Waals surface area (Å²) in [6.07, 6.45) is 3.36. The summed E-state index contributed by atoms with van der Waals surface area (Å²) in [5.41, 5.74) is 0. The van der Waals surface area contributed by atoms with Gasteiger partial charge in [-0.1, -0.05) is 12.8 Å². The highest BCUT2D eigenvalue weighted by molar-refractivity contribution is 7.90. The topological polar surface area (TPSA) is 66.4 Å². The quantitative estimate of drug-likeness (QED) is 0.765. The Kier molecular flexibility index (Phi) is 4.23. The van der Waals surface area contributed by atoms with Gasteiger partial charge in [0.2, 0.25) is 10.0 Å². The number of halogens is 1. The Morgan fingerprint density at radius 2 is 1.68 bits per heavy atom. The fourth-order valence-electron chi connectivity index (χ4n) is 3.25. The number of nitrogens with one attached hydrogen (secondary N) is 1. The maximum atomic E-state index is 12.3. The van der Waals surface area contributed by atoms with Crippen LogP contribution in [0, 0.1) is 11.8 Å². The van der Waals surface area contributed by atoms with Gasteiger partial charge in [0.05, 0.1) is 22.3 Å². The zero-order valence-electron chi connectivity index (χ0n) is 11.8. The molecular weight excluding hydrogens is 286 g/mol. The van der Waals surface area contributed by atoms with Crippen LogP contribution in [0.5, 0.6) is 0 Å². The van der Waals surface area contributed by atoms with Crippen molar-refractivity contribution in [1.82, 2.24) is 4.72 Å². The van der Waals surface area contributed by atoms with Gasteiger partial charge in [0.15, 0.2) is 0 Å². The highest BCUT2D eigenvalue weighted by atomic mass is 35.5. The third-order valence-electron chi connectivity index (χ3n) is 4.54. The van der Waals surface area contributed by atoms with Gasteiger partial charge < -0.3 is 5.11 Å². The van der Waals surface area contributed by atoms with Gasteiger partial charge >= 0.3 is 0 Å². The van der Waals surface area contributed by atoms with E-state index in [0.717, 1.165) is 25.7 Å². The predicted molar refractivity (Wildman–Crippen MR) is 76.7 cm³/mol. The summed E-state index contributed by atoms with van der Waals surface area (Å²) in [4.78, 5) is 0. The monoisotopic (exact) mass is 309 g/mol. The molecule has 0 bridgehead atoms. The lowest BCUT2D eigenvalue weighted by Crippen LogP contribution is -2.50. The fourth-order valence-corrected chi connectivity index (χ4v) is 4.74. The SMILES string of the molecule is CC(C)(C)S(=O)(=O)N[C@@H]1[C@@H](O)[C@@H](Cl)[C@H]2CCCC[C@H]21. The summed E-state index contributed by atoms with van der Waals surface area (Å²) in [5, 5.41) is 9.92. The van der Waals surface area contributed by atoms with Crippen molar-refractivity contribution in [3.63, 3.8) is 0 Å². The Morgan fingerprint density at radius 3 is 2.21 bits per heavy atom. The molecular formula is C13H24ClNO3S. The first-order chi connectivity index (χ1) is 8.65. The van der Waals surface area contributed by atoms with E-state index < -0.39 is 26.9 Å². The van der Waals surface area contributed by atoms with Crippen molar-refractivity contribution in [2.45, 2.75) is 68.7 Å². The Bertz CT molecular complexity index is 432. The molecule has 0 spiro atoms. The molecule has 0 saturated heterocycles. The van der Waals surface area contributed by atoms with Crippen molar-refractivity contribution in [2.75, 3.05) is 0 Å². The van der Waals surface area contributed by atoms with Gasteiger partial charge in [-0.2, -0.15) is 0 Å². The molecule has 4 nitrogen and oxygen atoms in total. The average Bonchev–Trinajstić information content (AvgIpc) is 2.54. The van der Waals surface area contributed by atoms with Crippen LogP contribution < -0.4 is 4.72 Å². The highest BCUT2D eigenvalue weighted by Gasteiger charge is 2.51. The van der Waals surface area contributed by atoms with E-state index in [1.807, 2.05) is 0 Å². The van der Waals surface area contributed by atoms with Crippen LogP contribution in [0.4, 0.5) is 0 Å². The number of hydrogen-bond donors (Lipinski definition) is 2. The summed E-state index contributed by atoms with van der Waals surface area (Å²) in [6, 6.07) is -0.433. The van der Waals surface area contributed by atoms with Crippen LogP contribution in [-0.2, 0) is 10.0 Å². The Morgan fingerprint density at radius 1 is 1.16 bits per heavy atom. The molecule has 19 heavy (non-hydrogen) atoms. The lowest BCUT2D eigenvalue weighted by atomic mass is 9.80. The first-order valence-corrected chi connectivity index (χ1v) is 8.91. The molecule has 2 rings (SSSR count). The second-order valence-corrected chi connectivity index (χ2v) is 9.78. The largest absolute Gasteiger partial charge is 0.390 e. The number of rotatable bonds is 2. The molecule has 0 aliphatic heterocycles. The standard InChI is InChI=1S/C13H24ClNO3S/c1-13(2,3)19(17,18)15-11-9-7-5-4-6-8(9)10(14)12(11)16/h8-12,15-16H,4-7H2,1-3H3/t8-,9+,10-,11-,12-/m0/s1. The van der Waals surface area contributed by atoms with E-state index in [0.29, 0.717) is 0 Å². The van der Waals surface area contributed by atoms with Crippen LogP contribution in [0.3, 0.4) is 0 Å². The van der Waals surface area contributed by atoms with Crippen LogP contribution in [0.25, 0.3) is 0 Å². The zero-order valence-corrected chi connectivity index (χ0v) is 13.3. The van der Waals surface area contributed by atoms with Crippen molar-refractivity contribution in [2.24, 2.45) is 11.8 Å². The molecule has 0 aromatic carbocycles. The van der Waals surface area contributed by atoms with Crippen LogP contribution in [0.15, 0.2) is 0 Å². The molecule has 0 heterocycles. The molecule has 2 N–H and O–H groups in total. The van der Waals surface area contributed by atoms with Crippen LogP contribution in [0.2, 0.25) is 0 Å². The van der Waals surface area contributed by atoms with Crippen LogP contribution >= 0.6 is 11.6 Å². The van der Waals surface area contributed by atoms with Crippen molar-refractivity contribution in [3.05, 3.63) is 0 Å². The summed E-state index contributed by atoms with van der Waals surface area (Å²) in [6.45, 7) is 4.98. The van der Waals surface area contributed by atoms with Gasteiger partial charge in [-0.15, -0.1) is 11.6 Å². The minimum absolute atomic E-state index is 0.170. The van der Waals surface area contributed by atoms with Gasteiger partial charge in [0.25, 0.3) is 0 Å². The molecule has 0 radical (unpaired) electrons. The molecule has 0 aromatic heterocycles. The molecule has 2 aliphatic rings. The highest BCUT2D eigenvalue weighted by Crippen LogP contribution is 2.45. The van der Waals surface area contributed by atoms with E-state index in [1.165, 1.54) is 0 Å². The summed E-state index contributed by atoms with van der Waals surface area (Å²) in [5.74, 6) is 0.404. The first kappa shape index (κ1) is 15.5. The molecule has 0 amide bonds. The van der Waals surface area contributed by atoms with Gasteiger partial charge in [-0.05, 0) is 45.4 Å². The van der Waals surface area contributed by atoms with E-state index in [4.69, 9.17) is 11.6 Å². The van der Waals surface area contributed by atoms with E-state index >= 15 is 0 Å². The van der Waals surface area contributed by atoms with Gasteiger partial charge in [-0.25, -0.2) is 13.1 Å². The molecule has 6 heteroatoms. The Balaban J connectivity index is 2.20. The third-order valence-corrected chi connectivity index (χ3v) is 7.31. The number of aliphatic hydroxyl groups excluding tert-OH is 1. The smallest absolute Gasteiger partial charge is 0.216 e. The van der Waals surface area contributed by atoms with E-state index in [1.54, 1.807) is 20.8 Å². The van der Waals surface area contributed by atoms with Gasteiger partial charge in [-0.3, -0.25) is 0 Å². The van der Waals surface area contributed by atoms with Gasteiger partial charge in [0, 0.05) is 0 Å². The Hall–Kier alpha value is 0.160. The maximum Gasteiger partial charge on any atom is 0.216 e. The normalized spacial score (nSPS) is 40.2. The van der Waals surface area contributed by atoms with Crippen LogP contribution in [0.1, 0.15) is 46.5 Å². The average molecular weight is 310 g/mol. The van der Waals surface area contributed by atoms with Gasteiger partial charge in [0.1, 0.15) is 0 Å². The minimum Gasteiger partial charge on any atom is -0.390 e. The number of aliphatic hydroxyl groups is 1. The Labute approximate surface area is 121 Å². The summed E-state index contributed by atoms with van der Waals surface area (Å²) >= 11 is 6.29. The minimum atomic E-state index is -3.46. The first-order valence-electron chi connectivity index (χ1n) is 6.99. The van der Waals surface area contributed by atoms with Crippen molar-refractivity contribution in [1.29, 1.82) is 0 Å². The second kappa shape index (κ2) is 5.17. The van der Waals surface area contributed by atoms with Crippen molar-refractivity contribution < 1.29 is 13.5 Å². The summed E-state index contributed by atoms with van der Waals surface area (Å²) < 4.78 is 26.4. The van der Waals surface area contributed by atoms with Crippen LogP contribution in [-0.4, -0.2) is 35.8 Å². The molecule has 2 fully saturated rings. The fraction of sp³-hybridized carbons (Fsp3) is 1.00. The molecule has 5 atom stereocenters. The molecule has 112 valence electrons. The zero-order chi connectivity index (χ0) is 14.4. The molecule has 0 unspecified atom stereocenters. The van der Waals surface area contributed by atoms with Crippen molar-refractivity contribution in [3.8, 4) is 0 Å². The number of fused-ring (bicyclic) bond motifs is 1. The number of hydrogen-bond acceptors (Lipinski definition) is 3. The second-order valence-electron chi connectivity index (χ2n) is 6.81. The lowest BCUT2D eigenvalue weighted by Gasteiger charge is -2.31. The van der Waals surface area contributed by atoms with E-state index in [2.05, 4.69) is 4.72 Å². The maximum absolute atomic E-state index is 12.3. The number of sulfonamides is 1. The van der Waals surface area contributed by atoms with Crippen molar-refractivity contribution >= 4 is 21.6 Å². The third kappa shape index (κ3) is 2.80. The summed E-state index contributed by atoms with van der Waals surface area (Å²) in [7, 11) is -3.46. The molecule has 2 aliphatic carbocycles. The molecule has 2 saturated carbocycles. The number of alkyl halides is 1. The van der Waals surface area contributed by atoms with E-state index in [-0.39, 0.29) is 17.2 Å². The van der Waals surface area contributed by atoms with E-state index in [9.17, 15) is 13.5 Å². The molecule has 0 aromatic rings. The predicted octanol–water partition coefficient (Wildman–Crippen LogP) is 1.86.